The minimum atomic E-state index is -0.507. The van der Waals surface area contributed by atoms with Gasteiger partial charge in [0.2, 0.25) is 0 Å². The van der Waals surface area contributed by atoms with Crippen molar-refractivity contribution in [1.29, 1.82) is 0 Å². The van der Waals surface area contributed by atoms with Crippen LogP contribution in [-0.4, -0.2) is 4.57 Å². The van der Waals surface area contributed by atoms with Crippen LogP contribution in [0.1, 0.15) is 22.3 Å². The molecule has 0 bridgehead atoms. The number of para-hydroxylation sites is 2. The fourth-order valence-corrected chi connectivity index (χ4v) is 11.0. The summed E-state index contributed by atoms with van der Waals surface area (Å²) in [7, 11) is 0. The van der Waals surface area contributed by atoms with E-state index in [2.05, 4.69) is 276 Å². The summed E-state index contributed by atoms with van der Waals surface area (Å²) in [5.74, 6) is 0. The third-order valence-electron chi connectivity index (χ3n) is 14.0. The number of hydrogen-bond acceptors (Lipinski definition) is 1. The summed E-state index contributed by atoms with van der Waals surface area (Å²) >= 11 is 0. The summed E-state index contributed by atoms with van der Waals surface area (Å²) in [4.78, 5) is 2.44. The Labute approximate surface area is 390 Å². The Morgan fingerprint density at radius 1 is 0.299 bits per heavy atom. The molecule has 0 spiro atoms. The zero-order valence-corrected chi connectivity index (χ0v) is 36.8. The smallest absolute Gasteiger partial charge is 0.0714 e. The van der Waals surface area contributed by atoms with Gasteiger partial charge in [-0.2, -0.15) is 0 Å². The number of benzene rings is 11. The number of rotatable bonds is 8. The van der Waals surface area contributed by atoms with Gasteiger partial charge >= 0.3 is 0 Å². The minimum Gasteiger partial charge on any atom is -0.310 e. The molecule has 0 unspecified atom stereocenters. The van der Waals surface area contributed by atoms with Crippen molar-refractivity contribution in [2.24, 2.45) is 0 Å². The first-order valence-corrected chi connectivity index (χ1v) is 23.2. The lowest BCUT2D eigenvalue weighted by Crippen LogP contribution is -2.28. The molecule has 12 aromatic rings. The molecule has 2 nitrogen and oxygen atoms in total. The van der Waals surface area contributed by atoms with Crippen molar-refractivity contribution in [3.8, 4) is 39.1 Å². The molecule has 0 fully saturated rings. The second-order valence-corrected chi connectivity index (χ2v) is 17.7. The van der Waals surface area contributed by atoms with Crippen molar-refractivity contribution < 1.29 is 0 Å². The first kappa shape index (κ1) is 38.7. The van der Waals surface area contributed by atoms with Crippen molar-refractivity contribution in [1.82, 2.24) is 4.57 Å². The summed E-state index contributed by atoms with van der Waals surface area (Å²) in [6.45, 7) is 0. The van der Waals surface area contributed by atoms with E-state index < -0.39 is 5.41 Å². The summed E-state index contributed by atoms with van der Waals surface area (Å²) < 4.78 is 2.37. The Kier molecular flexibility index (Phi) is 9.11. The zero-order valence-electron chi connectivity index (χ0n) is 36.8. The first-order valence-electron chi connectivity index (χ1n) is 23.2. The van der Waals surface area contributed by atoms with Gasteiger partial charge in [0.1, 0.15) is 0 Å². The molecule has 1 heterocycles. The highest BCUT2D eigenvalue weighted by molar-refractivity contribution is 6.10. The van der Waals surface area contributed by atoms with E-state index in [9.17, 15) is 0 Å². The molecule has 2 heteroatoms. The van der Waals surface area contributed by atoms with Crippen LogP contribution in [0, 0.1) is 0 Å². The Balaban J connectivity index is 0.932. The summed E-state index contributed by atoms with van der Waals surface area (Å²) in [6, 6.07) is 98.1. The third kappa shape index (κ3) is 6.26. The van der Waals surface area contributed by atoms with Crippen LogP contribution < -0.4 is 4.90 Å². The van der Waals surface area contributed by atoms with Crippen LogP contribution in [0.3, 0.4) is 0 Å². The molecule has 1 aromatic heterocycles. The SMILES string of the molecule is c1ccc(-n2c3ccccc3c3cc(-c4ccc(-c5cccc(N(c6ccc7c(c6)C(c6ccccc6)(c6ccccc6)c6ccccc6-7)c6ccc7ccccc7c6)c5)cc4)ccc32)cc1. The minimum absolute atomic E-state index is 0.507. The maximum absolute atomic E-state index is 2.46. The van der Waals surface area contributed by atoms with Crippen LogP contribution in [0.15, 0.2) is 267 Å². The number of anilines is 3. The topological polar surface area (TPSA) is 8.17 Å². The summed E-state index contributed by atoms with van der Waals surface area (Å²) in [5, 5.41) is 4.93. The van der Waals surface area contributed by atoms with Crippen LogP contribution >= 0.6 is 0 Å². The van der Waals surface area contributed by atoms with Gasteiger partial charge in [-0.25, -0.2) is 0 Å². The van der Waals surface area contributed by atoms with E-state index in [0.29, 0.717) is 0 Å². The van der Waals surface area contributed by atoms with Gasteiger partial charge < -0.3 is 9.47 Å². The van der Waals surface area contributed by atoms with Gasteiger partial charge in [-0.3, -0.25) is 0 Å². The quantitative estimate of drug-likeness (QED) is 0.148. The molecule has 0 saturated carbocycles. The Bertz CT molecular complexity index is 3750. The van der Waals surface area contributed by atoms with Crippen molar-refractivity contribution in [2.45, 2.75) is 5.41 Å². The van der Waals surface area contributed by atoms with Crippen molar-refractivity contribution in [3.05, 3.63) is 289 Å². The average molecular weight is 853 g/mol. The van der Waals surface area contributed by atoms with Gasteiger partial charge in [-0.15, -0.1) is 0 Å². The predicted molar refractivity (Wildman–Crippen MR) is 281 cm³/mol. The highest BCUT2D eigenvalue weighted by Crippen LogP contribution is 2.57. The van der Waals surface area contributed by atoms with Gasteiger partial charge in [-0.1, -0.05) is 200 Å². The van der Waals surface area contributed by atoms with Crippen LogP contribution in [0.2, 0.25) is 0 Å². The fraction of sp³-hybridized carbons (Fsp3) is 0.0154. The van der Waals surface area contributed by atoms with E-state index >= 15 is 0 Å². The standard InChI is InChI=1S/C65H44N2/c1-4-20-51(21-5-1)65(52-22-6-2-7-23-52)61-29-14-12-27-57(61)58-39-38-56(44-62(58)65)66(55-37-35-45-17-10-11-18-48(45)42-55)54-26-16-19-49(41-54)46-31-33-47(34-32-46)50-36-40-64-60(43-50)59-28-13-15-30-63(59)67(64)53-24-8-3-9-25-53/h1-44H. The second kappa shape index (κ2) is 15.8. The van der Waals surface area contributed by atoms with E-state index in [4.69, 9.17) is 0 Å². The van der Waals surface area contributed by atoms with E-state index in [-0.39, 0.29) is 0 Å². The predicted octanol–water partition coefficient (Wildman–Crippen LogP) is 17.1. The van der Waals surface area contributed by atoms with Crippen LogP contribution in [0.5, 0.6) is 0 Å². The van der Waals surface area contributed by atoms with E-state index in [1.54, 1.807) is 0 Å². The molecular formula is C65H44N2. The van der Waals surface area contributed by atoms with Crippen molar-refractivity contribution in [2.75, 3.05) is 4.90 Å². The lowest BCUT2D eigenvalue weighted by Gasteiger charge is -2.35. The number of aromatic nitrogens is 1. The van der Waals surface area contributed by atoms with Gasteiger partial charge in [0, 0.05) is 33.5 Å². The molecule has 0 N–H and O–H groups in total. The molecule has 314 valence electrons. The lowest BCUT2D eigenvalue weighted by atomic mass is 9.67. The maximum atomic E-state index is 2.46. The highest BCUT2D eigenvalue weighted by atomic mass is 15.1. The lowest BCUT2D eigenvalue weighted by molar-refractivity contribution is 0.768. The van der Waals surface area contributed by atoms with Gasteiger partial charge in [-0.05, 0) is 133 Å². The van der Waals surface area contributed by atoms with Crippen molar-refractivity contribution in [3.63, 3.8) is 0 Å². The zero-order chi connectivity index (χ0) is 44.3. The van der Waals surface area contributed by atoms with Crippen LogP contribution in [0.25, 0.3) is 71.6 Å². The summed E-state index contributed by atoms with van der Waals surface area (Å²) in [6.07, 6.45) is 0. The molecule has 1 aliphatic rings. The largest absolute Gasteiger partial charge is 0.310 e. The molecule has 1 aliphatic carbocycles. The van der Waals surface area contributed by atoms with Gasteiger partial charge in [0.15, 0.2) is 0 Å². The van der Waals surface area contributed by atoms with E-state index in [1.165, 1.54) is 88.3 Å². The molecule has 0 atom stereocenters. The molecular weight excluding hydrogens is 809 g/mol. The van der Waals surface area contributed by atoms with Crippen LogP contribution in [-0.2, 0) is 5.41 Å². The van der Waals surface area contributed by atoms with Crippen LogP contribution in [0.4, 0.5) is 17.1 Å². The molecule has 67 heavy (non-hydrogen) atoms. The Hall–Kier alpha value is -8.72. The highest BCUT2D eigenvalue weighted by Gasteiger charge is 2.46. The molecule has 0 saturated heterocycles. The number of hydrogen-bond donors (Lipinski definition) is 0. The summed E-state index contributed by atoms with van der Waals surface area (Å²) in [5.41, 5.74) is 18.8. The van der Waals surface area contributed by atoms with E-state index in [0.717, 1.165) is 22.6 Å². The van der Waals surface area contributed by atoms with E-state index in [1.807, 2.05) is 0 Å². The molecule has 0 radical (unpaired) electrons. The maximum Gasteiger partial charge on any atom is 0.0714 e. The van der Waals surface area contributed by atoms with Gasteiger partial charge in [0.25, 0.3) is 0 Å². The molecule has 0 amide bonds. The number of fused-ring (bicyclic) bond motifs is 7. The average Bonchev–Trinajstić information content (AvgIpc) is 3.90. The second-order valence-electron chi connectivity index (χ2n) is 17.7. The number of nitrogens with zero attached hydrogens (tertiary/aromatic N) is 2. The first-order chi connectivity index (χ1) is 33.2. The molecule has 0 aliphatic heterocycles. The third-order valence-corrected chi connectivity index (χ3v) is 14.0. The monoisotopic (exact) mass is 852 g/mol. The molecule has 13 rings (SSSR count). The van der Waals surface area contributed by atoms with Crippen molar-refractivity contribution >= 4 is 49.6 Å². The Morgan fingerprint density at radius 2 is 0.851 bits per heavy atom. The Morgan fingerprint density at radius 3 is 1.61 bits per heavy atom. The molecule has 11 aromatic carbocycles. The normalized spacial score (nSPS) is 12.6. The van der Waals surface area contributed by atoms with Gasteiger partial charge in [0.05, 0.1) is 16.4 Å². The fourth-order valence-electron chi connectivity index (χ4n) is 11.0.